The van der Waals surface area contributed by atoms with Gasteiger partial charge in [-0.15, -0.1) is 0 Å². The first kappa shape index (κ1) is 14.8. The summed E-state index contributed by atoms with van der Waals surface area (Å²) >= 11 is 0. The molecule has 4 aromatic rings. The number of rotatable bonds is 3. The molecule has 0 spiro atoms. The van der Waals surface area contributed by atoms with Crippen molar-refractivity contribution in [1.29, 1.82) is 0 Å². The van der Waals surface area contributed by atoms with E-state index < -0.39 is 0 Å². The summed E-state index contributed by atoms with van der Waals surface area (Å²) in [4.78, 5) is 17.0. The number of nitrogens with zero attached hydrogens (tertiary/aromatic N) is 5. The van der Waals surface area contributed by atoms with Gasteiger partial charge in [-0.05, 0) is 41.7 Å². The van der Waals surface area contributed by atoms with Gasteiger partial charge in [0.2, 0.25) is 11.0 Å². The molecule has 4 rings (SSSR count). The number of fused-ring (bicyclic) bond motifs is 2. The minimum absolute atomic E-state index is 0.285. The molecule has 0 aliphatic carbocycles. The molecule has 1 N–H and O–H groups in total. The van der Waals surface area contributed by atoms with Crippen LogP contribution in [0.4, 0.5) is 0 Å². The van der Waals surface area contributed by atoms with Crippen molar-refractivity contribution in [2.45, 2.75) is 6.92 Å². The number of amides is 1. The molecule has 0 aliphatic heterocycles. The van der Waals surface area contributed by atoms with Crippen LogP contribution in [0.5, 0.6) is 0 Å². The van der Waals surface area contributed by atoms with Gasteiger partial charge >= 0.3 is 0 Å². The number of nitrogens with one attached hydrogen (secondary N) is 1. The van der Waals surface area contributed by atoms with Gasteiger partial charge in [-0.2, -0.15) is 5.10 Å². The van der Waals surface area contributed by atoms with Gasteiger partial charge in [0, 0.05) is 17.4 Å². The lowest BCUT2D eigenvalue weighted by Gasteiger charge is -2.01. The van der Waals surface area contributed by atoms with E-state index in [4.69, 9.17) is 0 Å². The molecule has 0 atom stereocenters. The highest BCUT2D eigenvalue weighted by atomic mass is 16.8. The number of carbonyl (C=O) groups excluding carboxylic acids is 1. The number of carbonyl (C=O) groups is 1. The van der Waals surface area contributed by atoms with Crippen LogP contribution >= 0.6 is 0 Å². The van der Waals surface area contributed by atoms with Gasteiger partial charge in [0.15, 0.2) is 0 Å². The lowest BCUT2D eigenvalue weighted by molar-refractivity contribution is -0.782. The number of benzene rings is 1. The molecule has 3 heterocycles. The van der Waals surface area contributed by atoms with Crippen molar-refractivity contribution in [3.63, 3.8) is 0 Å². The zero-order chi connectivity index (χ0) is 17.4. The number of hydrogen-bond acceptors (Lipinski definition) is 6. The molecule has 9 heteroatoms. The zero-order valence-electron chi connectivity index (χ0n) is 13.1. The van der Waals surface area contributed by atoms with E-state index in [0.717, 1.165) is 0 Å². The van der Waals surface area contributed by atoms with E-state index >= 15 is 0 Å². The average molecular weight is 336 g/mol. The Morgan fingerprint density at radius 2 is 2.28 bits per heavy atom. The van der Waals surface area contributed by atoms with Crippen molar-refractivity contribution in [2.75, 3.05) is 0 Å². The van der Waals surface area contributed by atoms with Crippen molar-refractivity contribution in [3.05, 3.63) is 64.8 Å². The fourth-order valence-corrected chi connectivity index (χ4v) is 2.57. The quantitative estimate of drug-likeness (QED) is 0.343. The van der Waals surface area contributed by atoms with Crippen LogP contribution in [-0.4, -0.2) is 26.7 Å². The Hall–Kier alpha value is -3.75. The first-order valence-electron chi connectivity index (χ1n) is 7.40. The molecule has 0 unspecified atom stereocenters. The highest BCUT2D eigenvalue weighted by molar-refractivity contribution is 5.95. The first-order chi connectivity index (χ1) is 12.1. The van der Waals surface area contributed by atoms with E-state index in [1.807, 2.05) is 18.2 Å². The molecule has 0 fully saturated rings. The second-order valence-corrected chi connectivity index (χ2v) is 5.35. The molecule has 0 saturated heterocycles. The van der Waals surface area contributed by atoms with E-state index in [0.29, 0.717) is 33.0 Å². The number of hydrogen-bond donors (Lipinski definition) is 1. The zero-order valence-corrected chi connectivity index (χ0v) is 13.1. The average Bonchev–Trinajstić information content (AvgIpc) is 3.14. The number of aryl methyl sites for hydroxylation is 1. The summed E-state index contributed by atoms with van der Waals surface area (Å²) in [5, 5.41) is 18.9. The molecule has 3 aromatic heterocycles. The number of imidazole rings is 1. The van der Waals surface area contributed by atoms with Gasteiger partial charge in [-0.25, -0.2) is 10.4 Å². The first-order valence-corrected chi connectivity index (χ1v) is 7.40. The highest BCUT2D eigenvalue weighted by Gasteiger charge is 2.15. The molecule has 0 radical (unpaired) electrons. The van der Waals surface area contributed by atoms with Crippen molar-refractivity contribution in [2.24, 2.45) is 5.10 Å². The molecule has 1 aromatic carbocycles. The second-order valence-electron chi connectivity index (χ2n) is 5.35. The van der Waals surface area contributed by atoms with Crippen LogP contribution in [0.25, 0.3) is 16.7 Å². The standard InChI is InChI=1S/C16H12N6O3/c1-10-15(21-7-3-2-4-14(21)18-10)16(23)19-17-9-11-5-6-12-13(8-11)22(24)25-20-12/h2-9H,1H3,(H,19,23)/b17-9+. The van der Waals surface area contributed by atoms with Crippen LogP contribution in [0.2, 0.25) is 0 Å². The molecule has 124 valence electrons. The SMILES string of the molecule is Cc1nc2ccccn2c1C(=O)N/N=C/c1ccc2no[n+]([O-])c2c1. The van der Waals surface area contributed by atoms with Crippen LogP contribution < -0.4 is 10.3 Å². The summed E-state index contributed by atoms with van der Waals surface area (Å²) in [7, 11) is 0. The number of aromatic nitrogens is 4. The summed E-state index contributed by atoms with van der Waals surface area (Å²) in [6.07, 6.45) is 3.20. The predicted octanol–water partition coefficient (Wildman–Crippen LogP) is 1.18. The van der Waals surface area contributed by atoms with Gasteiger partial charge < -0.3 is 5.21 Å². The topological polar surface area (TPSA) is 112 Å². The third-order valence-electron chi connectivity index (χ3n) is 3.71. The summed E-state index contributed by atoms with van der Waals surface area (Å²) in [5.74, 6) is -0.377. The summed E-state index contributed by atoms with van der Waals surface area (Å²) in [5.41, 5.74) is 5.53. The van der Waals surface area contributed by atoms with Gasteiger partial charge in [-0.3, -0.25) is 13.8 Å². The van der Waals surface area contributed by atoms with Crippen molar-refractivity contribution < 1.29 is 14.3 Å². The Labute approximate surface area is 140 Å². The Morgan fingerprint density at radius 3 is 3.16 bits per heavy atom. The Bertz CT molecular complexity index is 1130. The van der Waals surface area contributed by atoms with Crippen LogP contribution in [0.15, 0.2) is 52.3 Å². The molecule has 0 bridgehead atoms. The largest absolute Gasteiger partial charge is 0.359 e. The lowest BCUT2D eigenvalue weighted by Crippen LogP contribution is -2.22. The summed E-state index contributed by atoms with van der Waals surface area (Å²) in [6, 6.07) is 10.4. The Kier molecular flexibility index (Phi) is 3.38. The van der Waals surface area contributed by atoms with Crippen molar-refractivity contribution >= 4 is 28.8 Å². The van der Waals surface area contributed by atoms with E-state index in [1.54, 1.807) is 35.7 Å². The van der Waals surface area contributed by atoms with Gasteiger partial charge in [-0.1, -0.05) is 6.07 Å². The highest BCUT2D eigenvalue weighted by Crippen LogP contribution is 2.12. The maximum atomic E-state index is 12.4. The maximum absolute atomic E-state index is 12.4. The molecule has 25 heavy (non-hydrogen) atoms. The number of pyridine rings is 1. The van der Waals surface area contributed by atoms with Crippen molar-refractivity contribution in [1.82, 2.24) is 20.0 Å². The van der Waals surface area contributed by atoms with E-state index in [-0.39, 0.29) is 11.4 Å². The molecular formula is C16H12N6O3. The van der Waals surface area contributed by atoms with E-state index in [9.17, 15) is 10.0 Å². The van der Waals surface area contributed by atoms with Crippen LogP contribution in [0.1, 0.15) is 21.7 Å². The third kappa shape index (κ3) is 2.57. The van der Waals surface area contributed by atoms with Crippen LogP contribution in [-0.2, 0) is 0 Å². The van der Waals surface area contributed by atoms with Gasteiger partial charge in [0.25, 0.3) is 5.91 Å². The number of hydrazone groups is 1. The van der Waals surface area contributed by atoms with Gasteiger partial charge in [0.1, 0.15) is 11.3 Å². The molecule has 9 nitrogen and oxygen atoms in total. The van der Waals surface area contributed by atoms with E-state index in [2.05, 4.69) is 25.3 Å². The third-order valence-corrected chi connectivity index (χ3v) is 3.71. The normalized spacial score (nSPS) is 11.6. The van der Waals surface area contributed by atoms with Crippen LogP contribution in [0, 0.1) is 12.1 Å². The molecular weight excluding hydrogens is 324 g/mol. The minimum atomic E-state index is -0.377. The fourth-order valence-electron chi connectivity index (χ4n) is 2.57. The Balaban J connectivity index is 1.57. The van der Waals surface area contributed by atoms with Crippen LogP contribution in [0.3, 0.4) is 0 Å². The molecule has 1 amide bonds. The van der Waals surface area contributed by atoms with E-state index in [1.165, 1.54) is 6.21 Å². The van der Waals surface area contributed by atoms with Gasteiger partial charge in [0.05, 0.1) is 11.9 Å². The lowest BCUT2D eigenvalue weighted by atomic mass is 10.2. The molecule has 0 saturated carbocycles. The molecule has 0 aliphatic rings. The Morgan fingerprint density at radius 1 is 1.40 bits per heavy atom. The predicted molar refractivity (Wildman–Crippen MR) is 88.0 cm³/mol. The fraction of sp³-hybridized carbons (Fsp3) is 0.0625. The summed E-state index contributed by atoms with van der Waals surface area (Å²) < 4.78 is 6.20. The summed E-state index contributed by atoms with van der Waals surface area (Å²) in [6.45, 7) is 1.76. The monoisotopic (exact) mass is 336 g/mol. The van der Waals surface area contributed by atoms with Crippen molar-refractivity contribution in [3.8, 4) is 0 Å². The smallest absolute Gasteiger partial charge is 0.290 e. The second kappa shape index (κ2) is 5.71. The maximum Gasteiger partial charge on any atom is 0.290 e. The minimum Gasteiger partial charge on any atom is -0.359 e.